The van der Waals surface area contributed by atoms with Gasteiger partial charge in [0.1, 0.15) is 5.75 Å². The monoisotopic (exact) mass is 325 g/mol. The summed E-state index contributed by atoms with van der Waals surface area (Å²) >= 11 is 1.67. The van der Waals surface area contributed by atoms with Gasteiger partial charge in [0, 0.05) is 5.75 Å². The minimum absolute atomic E-state index is 0.795. The molecular formula is C18H19N3OS. The highest BCUT2D eigenvalue weighted by Gasteiger charge is 2.14. The fourth-order valence-corrected chi connectivity index (χ4v) is 3.16. The Bertz CT molecular complexity index is 746. The van der Waals surface area contributed by atoms with E-state index in [-0.39, 0.29) is 0 Å². The average Bonchev–Trinajstić information content (AvgIpc) is 2.59. The van der Waals surface area contributed by atoms with Crippen LogP contribution in [0.5, 0.6) is 5.75 Å². The molecule has 118 valence electrons. The van der Waals surface area contributed by atoms with Crippen LogP contribution in [0.4, 0.5) is 5.69 Å². The summed E-state index contributed by atoms with van der Waals surface area (Å²) in [6.45, 7) is 4.15. The predicted molar refractivity (Wildman–Crippen MR) is 98.1 cm³/mol. The number of hydrogen-bond acceptors (Lipinski definition) is 4. The van der Waals surface area contributed by atoms with Gasteiger partial charge in [0.15, 0.2) is 5.17 Å². The summed E-state index contributed by atoms with van der Waals surface area (Å²) in [4.78, 5) is 4.71. The normalized spacial score (nSPS) is 16.0. The average molecular weight is 325 g/mol. The first-order chi connectivity index (χ1) is 11.2. The molecule has 0 atom stereocenters. The number of methoxy groups -OCH3 is 1. The van der Waals surface area contributed by atoms with Gasteiger partial charge in [-0.1, -0.05) is 30.0 Å². The molecule has 4 nitrogen and oxygen atoms in total. The highest BCUT2D eigenvalue weighted by Crippen LogP contribution is 2.25. The van der Waals surface area contributed by atoms with E-state index in [0.29, 0.717) is 0 Å². The van der Waals surface area contributed by atoms with Gasteiger partial charge in [0.2, 0.25) is 0 Å². The molecule has 0 aliphatic carbocycles. The smallest absolute Gasteiger partial charge is 0.182 e. The molecule has 0 bridgehead atoms. The fraction of sp³-hybridized carbons (Fsp3) is 0.222. The quantitative estimate of drug-likeness (QED) is 0.926. The first-order valence-electron chi connectivity index (χ1n) is 7.42. The number of nitrogens with zero attached hydrogens (tertiary/aromatic N) is 2. The highest BCUT2D eigenvalue weighted by atomic mass is 32.2. The number of benzene rings is 2. The number of ether oxygens (including phenoxy) is 1. The Hall–Kier alpha value is -2.27. The van der Waals surface area contributed by atoms with Gasteiger partial charge in [-0.3, -0.25) is 5.43 Å². The summed E-state index contributed by atoms with van der Waals surface area (Å²) in [7, 11) is 1.67. The number of rotatable bonds is 3. The summed E-state index contributed by atoms with van der Waals surface area (Å²) < 4.78 is 5.18. The van der Waals surface area contributed by atoms with Crippen molar-refractivity contribution in [2.75, 3.05) is 12.9 Å². The van der Waals surface area contributed by atoms with Gasteiger partial charge in [0.05, 0.1) is 18.5 Å². The molecule has 1 heterocycles. The van der Waals surface area contributed by atoms with Crippen molar-refractivity contribution in [3.8, 4) is 5.75 Å². The summed E-state index contributed by atoms with van der Waals surface area (Å²) in [5, 5.41) is 5.30. The van der Waals surface area contributed by atoms with E-state index in [1.165, 1.54) is 11.1 Å². The second kappa shape index (κ2) is 6.87. The van der Waals surface area contributed by atoms with E-state index in [0.717, 1.165) is 33.6 Å². The van der Waals surface area contributed by atoms with Crippen molar-refractivity contribution in [2.45, 2.75) is 13.8 Å². The molecule has 0 radical (unpaired) electrons. The van der Waals surface area contributed by atoms with Crippen molar-refractivity contribution in [3.63, 3.8) is 0 Å². The number of thioether (sulfide) groups is 1. The van der Waals surface area contributed by atoms with Gasteiger partial charge in [-0.25, -0.2) is 4.99 Å². The van der Waals surface area contributed by atoms with Gasteiger partial charge in [-0.2, -0.15) is 5.10 Å². The van der Waals surface area contributed by atoms with E-state index < -0.39 is 0 Å². The minimum atomic E-state index is 0.795. The molecule has 0 saturated heterocycles. The fourth-order valence-electron chi connectivity index (χ4n) is 2.39. The summed E-state index contributed by atoms with van der Waals surface area (Å²) in [5.41, 5.74) is 8.54. The standard InChI is InChI=1S/C18H19N3OS/c1-12-5-4-6-13(2)17(12)19-18-21-20-16(11-23-18)14-7-9-15(22-3)10-8-14/h4-10H,11H2,1-3H3,(H,19,21). The van der Waals surface area contributed by atoms with E-state index in [2.05, 4.69) is 42.6 Å². The molecule has 0 saturated carbocycles. The minimum Gasteiger partial charge on any atom is -0.497 e. The molecule has 0 spiro atoms. The second-order valence-corrected chi connectivity index (χ2v) is 6.31. The summed E-state index contributed by atoms with van der Waals surface area (Å²) in [6.07, 6.45) is 0. The molecule has 23 heavy (non-hydrogen) atoms. The number of aliphatic imine (C=N–C) groups is 1. The van der Waals surface area contributed by atoms with Crippen LogP contribution < -0.4 is 10.2 Å². The van der Waals surface area contributed by atoms with Gasteiger partial charge in [-0.15, -0.1) is 0 Å². The van der Waals surface area contributed by atoms with Crippen molar-refractivity contribution < 1.29 is 4.74 Å². The lowest BCUT2D eigenvalue weighted by Gasteiger charge is -2.16. The third-order valence-electron chi connectivity index (χ3n) is 3.71. The van der Waals surface area contributed by atoms with Crippen molar-refractivity contribution in [1.82, 2.24) is 5.43 Å². The highest BCUT2D eigenvalue weighted by molar-refractivity contribution is 8.14. The first-order valence-corrected chi connectivity index (χ1v) is 8.40. The Balaban J connectivity index is 1.78. The molecule has 0 fully saturated rings. The number of para-hydroxylation sites is 1. The molecule has 0 amide bonds. The Morgan fingerprint density at radius 3 is 2.35 bits per heavy atom. The third kappa shape index (κ3) is 3.56. The lowest BCUT2D eigenvalue weighted by Crippen LogP contribution is -2.25. The predicted octanol–water partition coefficient (Wildman–Crippen LogP) is 4.04. The number of nitrogens with one attached hydrogen (secondary N) is 1. The largest absolute Gasteiger partial charge is 0.497 e. The number of hydrogen-bond donors (Lipinski definition) is 1. The Morgan fingerprint density at radius 1 is 1.09 bits per heavy atom. The van der Waals surface area contributed by atoms with Crippen LogP contribution in [0.25, 0.3) is 0 Å². The third-order valence-corrected chi connectivity index (χ3v) is 4.58. The van der Waals surface area contributed by atoms with E-state index in [1.54, 1.807) is 18.9 Å². The van der Waals surface area contributed by atoms with Crippen LogP contribution in [0.15, 0.2) is 52.6 Å². The maximum atomic E-state index is 5.18. The molecule has 2 aromatic rings. The van der Waals surface area contributed by atoms with Crippen LogP contribution in [0, 0.1) is 13.8 Å². The van der Waals surface area contributed by atoms with E-state index in [9.17, 15) is 0 Å². The molecule has 0 aromatic heterocycles. The number of aryl methyl sites for hydroxylation is 2. The van der Waals surface area contributed by atoms with Crippen LogP contribution in [-0.4, -0.2) is 23.7 Å². The zero-order valence-electron chi connectivity index (χ0n) is 13.5. The van der Waals surface area contributed by atoms with E-state index in [1.807, 2.05) is 24.3 Å². The van der Waals surface area contributed by atoms with E-state index >= 15 is 0 Å². The van der Waals surface area contributed by atoms with Crippen LogP contribution in [-0.2, 0) is 0 Å². The molecule has 1 N–H and O–H groups in total. The zero-order valence-corrected chi connectivity index (χ0v) is 14.3. The van der Waals surface area contributed by atoms with Crippen molar-refractivity contribution in [3.05, 3.63) is 59.2 Å². The molecule has 2 aromatic carbocycles. The van der Waals surface area contributed by atoms with E-state index in [4.69, 9.17) is 9.73 Å². The molecule has 1 aliphatic rings. The molecule has 5 heteroatoms. The maximum Gasteiger partial charge on any atom is 0.182 e. The van der Waals surface area contributed by atoms with Gasteiger partial charge >= 0.3 is 0 Å². The van der Waals surface area contributed by atoms with Crippen LogP contribution in [0.3, 0.4) is 0 Å². The van der Waals surface area contributed by atoms with Gasteiger partial charge in [0.25, 0.3) is 0 Å². The van der Waals surface area contributed by atoms with Crippen LogP contribution >= 0.6 is 11.8 Å². The SMILES string of the molecule is COc1ccc(C2=NNC(=Nc3c(C)cccc3C)SC2)cc1. The second-order valence-electron chi connectivity index (χ2n) is 5.34. The molecular weight excluding hydrogens is 306 g/mol. The van der Waals surface area contributed by atoms with Gasteiger partial charge in [-0.05, 0) is 54.8 Å². The Morgan fingerprint density at radius 2 is 1.78 bits per heavy atom. The van der Waals surface area contributed by atoms with Crippen molar-refractivity contribution >= 4 is 28.3 Å². The Labute approximate surface area is 140 Å². The summed E-state index contributed by atoms with van der Waals surface area (Å²) in [6, 6.07) is 14.1. The number of amidine groups is 1. The van der Waals surface area contributed by atoms with Crippen LogP contribution in [0.1, 0.15) is 16.7 Å². The van der Waals surface area contributed by atoms with Crippen LogP contribution in [0.2, 0.25) is 0 Å². The first kappa shape index (κ1) is 15.6. The zero-order chi connectivity index (χ0) is 16.2. The number of hydrazone groups is 1. The topological polar surface area (TPSA) is 46.0 Å². The molecule has 1 aliphatic heterocycles. The van der Waals surface area contributed by atoms with Crippen molar-refractivity contribution in [2.24, 2.45) is 10.1 Å². The molecule has 0 unspecified atom stereocenters. The molecule has 3 rings (SSSR count). The lowest BCUT2D eigenvalue weighted by molar-refractivity contribution is 0.415. The Kier molecular flexibility index (Phi) is 4.67. The lowest BCUT2D eigenvalue weighted by atomic mass is 10.1. The maximum absolute atomic E-state index is 5.18. The van der Waals surface area contributed by atoms with Gasteiger partial charge < -0.3 is 4.74 Å². The van der Waals surface area contributed by atoms with Crippen molar-refractivity contribution in [1.29, 1.82) is 0 Å². The summed E-state index contributed by atoms with van der Waals surface area (Å²) in [5.74, 6) is 1.64.